The van der Waals surface area contributed by atoms with E-state index in [1.54, 1.807) is 6.07 Å². The quantitative estimate of drug-likeness (QED) is 0.608. The summed E-state index contributed by atoms with van der Waals surface area (Å²) in [4.78, 5) is 11.6. The second-order valence-electron chi connectivity index (χ2n) is 6.13. The maximum atomic E-state index is 13.2. The Kier molecular flexibility index (Phi) is 5.71. The first-order valence-corrected chi connectivity index (χ1v) is 8.50. The van der Waals surface area contributed by atoms with Crippen LogP contribution in [0.3, 0.4) is 0 Å². The van der Waals surface area contributed by atoms with Crippen LogP contribution in [0.5, 0.6) is 0 Å². The van der Waals surface area contributed by atoms with E-state index in [1.165, 1.54) is 12.3 Å². The summed E-state index contributed by atoms with van der Waals surface area (Å²) in [6.45, 7) is 1.10. The fraction of sp³-hybridized carbons (Fsp3) is 0.412. The molecule has 0 spiro atoms. The summed E-state index contributed by atoms with van der Waals surface area (Å²) in [5.41, 5.74) is -0.217. The molecule has 1 fully saturated rings. The SMILES string of the molecule is N#Cc1ccc(Nc2ncc(C(F)(F)F)c(NCCCNC3CC3)n2)cn1. The largest absolute Gasteiger partial charge is 0.421 e. The smallest absolute Gasteiger partial charge is 0.369 e. The van der Waals surface area contributed by atoms with E-state index >= 15 is 0 Å². The Morgan fingerprint density at radius 2 is 1.96 bits per heavy atom. The summed E-state index contributed by atoms with van der Waals surface area (Å²) in [6, 6.07) is 5.50. The molecule has 7 nitrogen and oxygen atoms in total. The number of pyridine rings is 1. The molecule has 3 N–H and O–H groups in total. The van der Waals surface area contributed by atoms with Gasteiger partial charge in [-0.1, -0.05) is 0 Å². The van der Waals surface area contributed by atoms with Gasteiger partial charge in [0.15, 0.2) is 0 Å². The number of aromatic nitrogens is 3. The Morgan fingerprint density at radius 1 is 1.15 bits per heavy atom. The Balaban J connectivity index is 1.67. The first-order valence-electron chi connectivity index (χ1n) is 8.50. The van der Waals surface area contributed by atoms with Gasteiger partial charge in [0.05, 0.1) is 11.9 Å². The normalized spacial score (nSPS) is 13.9. The number of nitrogens with one attached hydrogen (secondary N) is 3. The highest BCUT2D eigenvalue weighted by Gasteiger charge is 2.35. The fourth-order valence-electron chi connectivity index (χ4n) is 2.34. The number of rotatable bonds is 8. The minimum absolute atomic E-state index is 0.00751. The van der Waals surface area contributed by atoms with Crippen LogP contribution in [-0.2, 0) is 6.18 Å². The molecule has 0 aliphatic heterocycles. The number of hydrogen-bond acceptors (Lipinski definition) is 7. The lowest BCUT2D eigenvalue weighted by Gasteiger charge is -2.15. The molecule has 27 heavy (non-hydrogen) atoms. The van der Waals surface area contributed by atoms with Gasteiger partial charge in [-0.05, 0) is 37.9 Å². The molecule has 3 rings (SSSR count). The molecule has 2 aromatic rings. The lowest BCUT2D eigenvalue weighted by Crippen LogP contribution is -2.21. The zero-order chi connectivity index (χ0) is 19.3. The van der Waals surface area contributed by atoms with Gasteiger partial charge in [-0.2, -0.15) is 23.4 Å². The van der Waals surface area contributed by atoms with Gasteiger partial charge in [-0.25, -0.2) is 9.97 Å². The van der Waals surface area contributed by atoms with E-state index in [0.717, 1.165) is 25.6 Å². The van der Waals surface area contributed by atoms with Crippen molar-refractivity contribution in [3.8, 4) is 6.07 Å². The molecule has 1 saturated carbocycles. The van der Waals surface area contributed by atoms with Gasteiger partial charge in [-0.15, -0.1) is 0 Å². The predicted octanol–water partition coefficient (Wildman–Crippen LogP) is 3.06. The number of halogens is 3. The number of alkyl halides is 3. The van der Waals surface area contributed by atoms with Gasteiger partial charge in [-0.3, -0.25) is 0 Å². The molecule has 0 amide bonds. The third-order valence-corrected chi connectivity index (χ3v) is 3.88. The molecular formula is C17H18F3N7. The topological polar surface area (TPSA) is 98.5 Å². The minimum Gasteiger partial charge on any atom is -0.369 e. The molecule has 142 valence electrons. The van der Waals surface area contributed by atoms with Gasteiger partial charge >= 0.3 is 6.18 Å². The van der Waals surface area contributed by atoms with E-state index in [9.17, 15) is 13.2 Å². The Labute approximate surface area is 154 Å². The Morgan fingerprint density at radius 3 is 2.59 bits per heavy atom. The predicted molar refractivity (Wildman–Crippen MR) is 93.4 cm³/mol. The molecule has 0 unspecified atom stereocenters. The molecule has 0 saturated heterocycles. The highest BCUT2D eigenvalue weighted by molar-refractivity contribution is 5.56. The Bertz CT molecular complexity index is 811. The van der Waals surface area contributed by atoms with Crippen LogP contribution in [0, 0.1) is 11.3 Å². The third kappa shape index (κ3) is 5.52. The summed E-state index contributed by atoms with van der Waals surface area (Å²) in [5, 5.41) is 17.6. The van der Waals surface area contributed by atoms with E-state index in [2.05, 4.69) is 30.9 Å². The van der Waals surface area contributed by atoms with Crippen LogP contribution in [0.15, 0.2) is 24.5 Å². The third-order valence-electron chi connectivity index (χ3n) is 3.88. The Hall–Kier alpha value is -2.93. The van der Waals surface area contributed by atoms with Gasteiger partial charge in [0.1, 0.15) is 23.1 Å². The molecule has 2 aromatic heterocycles. The number of hydrogen-bond donors (Lipinski definition) is 3. The zero-order valence-electron chi connectivity index (χ0n) is 14.3. The number of anilines is 3. The van der Waals surface area contributed by atoms with Crippen molar-refractivity contribution >= 4 is 17.5 Å². The summed E-state index contributed by atoms with van der Waals surface area (Å²) >= 11 is 0. The fourth-order valence-corrected chi connectivity index (χ4v) is 2.34. The van der Waals surface area contributed by atoms with E-state index < -0.39 is 11.7 Å². The van der Waals surface area contributed by atoms with Crippen molar-refractivity contribution in [1.29, 1.82) is 5.26 Å². The zero-order valence-corrected chi connectivity index (χ0v) is 14.3. The van der Waals surface area contributed by atoms with Crippen molar-refractivity contribution in [3.63, 3.8) is 0 Å². The molecule has 0 aromatic carbocycles. The molecule has 1 aliphatic rings. The van der Waals surface area contributed by atoms with Crippen LogP contribution in [0.25, 0.3) is 0 Å². The standard InChI is InChI=1S/C17H18F3N7/c18-17(19,20)14-10-25-16(26-13-5-4-12(8-21)24-9-13)27-15(14)23-7-1-6-22-11-2-3-11/h4-5,9-11,22H,1-3,6-7H2,(H2,23,25,26,27). The summed E-state index contributed by atoms with van der Waals surface area (Å²) in [6.07, 6.45) is 0.588. The molecule has 0 radical (unpaired) electrons. The van der Waals surface area contributed by atoms with Crippen molar-refractivity contribution in [2.75, 3.05) is 23.7 Å². The number of nitrogens with zero attached hydrogens (tertiary/aromatic N) is 4. The highest BCUT2D eigenvalue weighted by Crippen LogP contribution is 2.34. The molecular weight excluding hydrogens is 359 g/mol. The first-order chi connectivity index (χ1) is 13.0. The average molecular weight is 377 g/mol. The van der Waals surface area contributed by atoms with E-state index in [1.807, 2.05) is 6.07 Å². The molecule has 10 heteroatoms. The minimum atomic E-state index is -4.55. The van der Waals surface area contributed by atoms with Crippen LogP contribution in [0.2, 0.25) is 0 Å². The molecule has 0 atom stereocenters. The van der Waals surface area contributed by atoms with Crippen molar-refractivity contribution in [1.82, 2.24) is 20.3 Å². The van der Waals surface area contributed by atoms with E-state index in [-0.39, 0.29) is 17.5 Å². The summed E-state index contributed by atoms with van der Waals surface area (Å²) in [5.74, 6) is -0.263. The van der Waals surface area contributed by atoms with Crippen LogP contribution < -0.4 is 16.0 Å². The van der Waals surface area contributed by atoms with E-state index in [0.29, 0.717) is 24.7 Å². The number of nitriles is 1. The molecule has 2 heterocycles. The highest BCUT2D eigenvalue weighted by atomic mass is 19.4. The second kappa shape index (κ2) is 8.18. The van der Waals surface area contributed by atoms with Gasteiger partial charge in [0, 0.05) is 18.8 Å². The summed E-state index contributed by atoms with van der Waals surface area (Å²) in [7, 11) is 0. The maximum Gasteiger partial charge on any atom is 0.421 e. The van der Waals surface area contributed by atoms with Crippen LogP contribution >= 0.6 is 0 Å². The van der Waals surface area contributed by atoms with Gasteiger partial charge < -0.3 is 16.0 Å². The first kappa shape index (κ1) is 18.8. The molecule has 0 bridgehead atoms. The van der Waals surface area contributed by atoms with Gasteiger partial charge in [0.25, 0.3) is 0 Å². The van der Waals surface area contributed by atoms with Crippen LogP contribution in [0.4, 0.5) is 30.6 Å². The maximum absolute atomic E-state index is 13.2. The average Bonchev–Trinajstić information content (AvgIpc) is 3.46. The second-order valence-corrected chi connectivity index (χ2v) is 6.13. The van der Waals surface area contributed by atoms with Crippen LogP contribution in [0.1, 0.15) is 30.5 Å². The van der Waals surface area contributed by atoms with Crippen molar-refractivity contribution in [3.05, 3.63) is 35.8 Å². The van der Waals surface area contributed by atoms with E-state index in [4.69, 9.17) is 5.26 Å². The van der Waals surface area contributed by atoms with Crippen LogP contribution in [-0.4, -0.2) is 34.1 Å². The summed E-state index contributed by atoms with van der Waals surface area (Å²) < 4.78 is 39.6. The van der Waals surface area contributed by atoms with Crippen molar-refractivity contribution < 1.29 is 13.2 Å². The molecule has 1 aliphatic carbocycles. The van der Waals surface area contributed by atoms with Crippen molar-refractivity contribution in [2.45, 2.75) is 31.5 Å². The van der Waals surface area contributed by atoms with Gasteiger partial charge in [0.2, 0.25) is 5.95 Å². The van der Waals surface area contributed by atoms with Crippen molar-refractivity contribution in [2.24, 2.45) is 0 Å². The lowest BCUT2D eigenvalue weighted by molar-refractivity contribution is -0.137. The monoisotopic (exact) mass is 377 g/mol. The lowest BCUT2D eigenvalue weighted by atomic mass is 10.3.